The summed E-state index contributed by atoms with van der Waals surface area (Å²) in [6, 6.07) is 4.84. The fourth-order valence-electron chi connectivity index (χ4n) is 3.40. The summed E-state index contributed by atoms with van der Waals surface area (Å²) in [6.45, 7) is -0.401. The number of fused-ring (bicyclic) bond motifs is 2. The quantitative estimate of drug-likeness (QED) is 0.653. The van der Waals surface area contributed by atoms with Crippen LogP contribution in [0.25, 0.3) is 0 Å². The second-order valence-corrected chi connectivity index (χ2v) is 8.39. The summed E-state index contributed by atoms with van der Waals surface area (Å²) in [5.74, 6) is -0.626. The van der Waals surface area contributed by atoms with Gasteiger partial charge in [-0.3, -0.25) is 4.79 Å². The number of sulfonamides is 1. The van der Waals surface area contributed by atoms with Crippen LogP contribution in [0, 0.1) is 0 Å². The summed E-state index contributed by atoms with van der Waals surface area (Å²) in [5.41, 5.74) is 5.05. The lowest BCUT2D eigenvalue weighted by Gasteiger charge is -2.29. The molecule has 2 atom stereocenters. The van der Waals surface area contributed by atoms with Crippen LogP contribution in [0.2, 0.25) is 5.02 Å². The number of hydrogen-bond donors (Lipinski definition) is 3. The second-order valence-electron chi connectivity index (χ2n) is 6.27. The molecule has 0 aliphatic carbocycles. The van der Waals surface area contributed by atoms with E-state index in [0.29, 0.717) is 12.1 Å². The molecule has 1 aromatic rings. The Morgan fingerprint density at radius 1 is 1.32 bits per heavy atom. The standard InChI is InChI=1S/C15H20ClN3O4S.ClH/c16-9-1-4-13(23-8-15(17)20)14(5-9)24(21,22)19-12-6-10-2-3-11(7-12)18-10;/h1,4-5,10-12,18-19H,2-3,6-8H2,(H2,17,20);1H. The molecule has 4 N–H and O–H groups in total. The van der Waals surface area contributed by atoms with Crippen molar-refractivity contribution < 1.29 is 17.9 Å². The maximum Gasteiger partial charge on any atom is 0.255 e. The Morgan fingerprint density at radius 2 is 1.96 bits per heavy atom. The molecule has 1 amide bonds. The van der Waals surface area contributed by atoms with Crippen molar-refractivity contribution in [3.05, 3.63) is 23.2 Å². The number of nitrogens with one attached hydrogen (secondary N) is 2. The summed E-state index contributed by atoms with van der Waals surface area (Å²) in [7, 11) is -3.82. The predicted octanol–water partition coefficient (Wildman–Crippen LogP) is 1.19. The number of carbonyl (C=O) groups excluding carboxylic acids is 1. The van der Waals surface area contributed by atoms with Crippen LogP contribution in [0.15, 0.2) is 23.1 Å². The van der Waals surface area contributed by atoms with Gasteiger partial charge in [0.05, 0.1) is 0 Å². The van der Waals surface area contributed by atoms with E-state index >= 15 is 0 Å². The molecule has 25 heavy (non-hydrogen) atoms. The van der Waals surface area contributed by atoms with Crippen molar-refractivity contribution in [2.24, 2.45) is 5.73 Å². The molecule has 2 heterocycles. The molecule has 2 aliphatic heterocycles. The Kier molecular flexibility index (Phi) is 6.56. The first-order valence-corrected chi connectivity index (χ1v) is 9.68. The van der Waals surface area contributed by atoms with Crippen LogP contribution in [-0.2, 0) is 14.8 Å². The van der Waals surface area contributed by atoms with Gasteiger partial charge in [-0.05, 0) is 43.9 Å². The van der Waals surface area contributed by atoms with Gasteiger partial charge in [0.25, 0.3) is 5.91 Å². The Labute approximate surface area is 158 Å². The third-order valence-corrected chi connectivity index (χ3v) is 6.14. The summed E-state index contributed by atoms with van der Waals surface area (Å²) >= 11 is 5.94. The van der Waals surface area contributed by atoms with E-state index in [1.54, 1.807) is 0 Å². The van der Waals surface area contributed by atoms with E-state index in [-0.39, 0.29) is 34.1 Å². The summed E-state index contributed by atoms with van der Waals surface area (Å²) in [4.78, 5) is 10.8. The molecule has 2 bridgehead atoms. The fourth-order valence-corrected chi connectivity index (χ4v) is 5.07. The molecule has 2 aliphatic rings. The number of hydrogen-bond acceptors (Lipinski definition) is 5. The number of ether oxygens (including phenoxy) is 1. The third kappa shape index (κ3) is 4.98. The number of rotatable bonds is 6. The van der Waals surface area contributed by atoms with Gasteiger partial charge in [-0.25, -0.2) is 13.1 Å². The Bertz CT molecular complexity index is 732. The molecule has 10 heteroatoms. The van der Waals surface area contributed by atoms with E-state index in [9.17, 15) is 13.2 Å². The highest BCUT2D eigenvalue weighted by molar-refractivity contribution is 7.89. The van der Waals surface area contributed by atoms with Crippen molar-refractivity contribution in [1.82, 2.24) is 10.0 Å². The molecular weight excluding hydrogens is 389 g/mol. The molecule has 2 saturated heterocycles. The average Bonchev–Trinajstić information content (AvgIpc) is 2.84. The second kappa shape index (κ2) is 8.09. The largest absolute Gasteiger partial charge is 0.482 e. The topological polar surface area (TPSA) is 111 Å². The van der Waals surface area contributed by atoms with E-state index in [1.807, 2.05) is 0 Å². The molecule has 0 aromatic heterocycles. The minimum Gasteiger partial charge on any atom is -0.482 e. The van der Waals surface area contributed by atoms with E-state index in [0.717, 1.165) is 25.7 Å². The average molecular weight is 410 g/mol. The minimum atomic E-state index is -3.82. The molecule has 3 rings (SSSR count). The first kappa shape index (κ1) is 20.3. The molecule has 140 valence electrons. The van der Waals surface area contributed by atoms with Gasteiger partial charge in [0.1, 0.15) is 10.6 Å². The number of benzene rings is 1. The third-order valence-electron chi connectivity index (χ3n) is 4.36. The van der Waals surface area contributed by atoms with Gasteiger partial charge in [-0.2, -0.15) is 0 Å². The molecule has 0 spiro atoms. The molecule has 1 aromatic carbocycles. The minimum absolute atomic E-state index is 0. The highest BCUT2D eigenvalue weighted by Gasteiger charge is 2.36. The lowest BCUT2D eigenvalue weighted by Crippen LogP contribution is -2.47. The Balaban J connectivity index is 0.00000225. The van der Waals surface area contributed by atoms with Crippen molar-refractivity contribution in [2.45, 2.75) is 48.7 Å². The number of halogens is 2. The zero-order chi connectivity index (χ0) is 17.3. The van der Waals surface area contributed by atoms with E-state index in [2.05, 4.69) is 10.0 Å². The maximum atomic E-state index is 12.8. The fraction of sp³-hybridized carbons (Fsp3) is 0.533. The first-order chi connectivity index (χ1) is 11.3. The van der Waals surface area contributed by atoms with E-state index < -0.39 is 22.5 Å². The monoisotopic (exact) mass is 409 g/mol. The molecular formula is C15H21Cl2N3O4S. The van der Waals surface area contributed by atoms with Gasteiger partial charge in [0.2, 0.25) is 10.0 Å². The smallest absolute Gasteiger partial charge is 0.255 e. The zero-order valence-corrected chi connectivity index (χ0v) is 15.8. The summed E-state index contributed by atoms with van der Waals surface area (Å²) in [5, 5.41) is 3.74. The summed E-state index contributed by atoms with van der Waals surface area (Å²) < 4.78 is 33.5. The number of amides is 1. The molecule has 0 saturated carbocycles. The number of piperidine rings is 1. The van der Waals surface area contributed by atoms with Crippen LogP contribution in [0.5, 0.6) is 5.75 Å². The van der Waals surface area contributed by atoms with Crippen LogP contribution in [0.1, 0.15) is 25.7 Å². The van der Waals surface area contributed by atoms with Crippen molar-refractivity contribution in [1.29, 1.82) is 0 Å². The molecule has 2 fully saturated rings. The van der Waals surface area contributed by atoms with Crippen molar-refractivity contribution in [3.63, 3.8) is 0 Å². The van der Waals surface area contributed by atoms with Crippen LogP contribution < -0.4 is 20.5 Å². The highest BCUT2D eigenvalue weighted by atomic mass is 35.5. The van der Waals surface area contributed by atoms with Gasteiger partial charge in [-0.15, -0.1) is 12.4 Å². The van der Waals surface area contributed by atoms with E-state index in [4.69, 9.17) is 22.1 Å². The maximum absolute atomic E-state index is 12.8. The van der Waals surface area contributed by atoms with Crippen LogP contribution in [0.3, 0.4) is 0 Å². The van der Waals surface area contributed by atoms with Gasteiger partial charge in [-0.1, -0.05) is 11.6 Å². The molecule has 2 unspecified atom stereocenters. The Morgan fingerprint density at radius 3 is 2.56 bits per heavy atom. The van der Waals surface area contributed by atoms with Crippen molar-refractivity contribution in [2.75, 3.05) is 6.61 Å². The van der Waals surface area contributed by atoms with Gasteiger partial charge in [0.15, 0.2) is 6.61 Å². The summed E-state index contributed by atoms with van der Waals surface area (Å²) in [6.07, 6.45) is 3.67. The van der Waals surface area contributed by atoms with Crippen LogP contribution in [-0.4, -0.2) is 39.1 Å². The van der Waals surface area contributed by atoms with Gasteiger partial charge >= 0.3 is 0 Å². The lowest BCUT2D eigenvalue weighted by molar-refractivity contribution is -0.120. The highest BCUT2D eigenvalue weighted by Crippen LogP contribution is 2.30. The first-order valence-electron chi connectivity index (χ1n) is 7.82. The van der Waals surface area contributed by atoms with Crippen LogP contribution >= 0.6 is 24.0 Å². The molecule has 0 radical (unpaired) electrons. The van der Waals surface area contributed by atoms with Gasteiger partial charge < -0.3 is 15.8 Å². The number of carbonyl (C=O) groups is 1. The van der Waals surface area contributed by atoms with Crippen LogP contribution in [0.4, 0.5) is 0 Å². The SMILES string of the molecule is Cl.NC(=O)COc1ccc(Cl)cc1S(=O)(=O)NC1CC2CCC(C1)N2. The van der Waals surface area contributed by atoms with Gasteiger partial charge in [0, 0.05) is 23.1 Å². The predicted molar refractivity (Wildman–Crippen MR) is 96.7 cm³/mol. The zero-order valence-electron chi connectivity index (χ0n) is 13.4. The lowest BCUT2D eigenvalue weighted by atomic mass is 10.0. The number of nitrogens with two attached hydrogens (primary N) is 1. The van der Waals surface area contributed by atoms with Crippen molar-refractivity contribution >= 4 is 39.9 Å². The van der Waals surface area contributed by atoms with Crippen molar-refractivity contribution in [3.8, 4) is 5.75 Å². The van der Waals surface area contributed by atoms with E-state index in [1.165, 1.54) is 18.2 Å². The number of primary amides is 1. The normalized spacial score (nSPS) is 25.2. The Hall–Kier alpha value is -1.06. The molecule has 7 nitrogen and oxygen atoms in total.